The van der Waals surface area contributed by atoms with E-state index in [-0.39, 0.29) is 12.4 Å². The second-order valence-electron chi connectivity index (χ2n) is 7.37. The van der Waals surface area contributed by atoms with Gasteiger partial charge in [-0.15, -0.1) is 11.6 Å². The van der Waals surface area contributed by atoms with Gasteiger partial charge in [-0.25, -0.2) is 14.2 Å². The van der Waals surface area contributed by atoms with Crippen molar-refractivity contribution in [1.82, 2.24) is 9.55 Å². The minimum Gasteiger partial charge on any atom is -0.464 e. The number of benzene rings is 1. The molecule has 0 saturated carbocycles. The fourth-order valence-electron chi connectivity index (χ4n) is 3.16. The van der Waals surface area contributed by atoms with E-state index in [1.54, 1.807) is 25.1 Å². The number of phosphoric acid groups is 1. The minimum absolute atomic E-state index is 0.0921. The molecular weight excluding hydrogens is 495 g/mol. The number of carbonyl (C=O) groups is 1. The van der Waals surface area contributed by atoms with Gasteiger partial charge in [0.25, 0.3) is 5.56 Å². The minimum atomic E-state index is -4.40. The third-order valence-electron chi connectivity index (χ3n) is 4.82. The normalized spacial score (nSPS) is 26.1. The van der Waals surface area contributed by atoms with Gasteiger partial charge in [-0.05, 0) is 26.0 Å². The first-order chi connectivity index (χ1) is 16.1. The van der Waals surface area contributed by atoms with Crippen LogP contribution in [0.3, 0.4) is 0 Å². The van der Waals surface area contributed by atoms with E-state index >= 15 is 0 Å². The van der Waals surface area contributed by atoms with Gasteiger partial charge in [-0.1, -0.05) is 18.2 Å². The Hall–Kier alpha value is -2.47. The number of H-pyrrole nitrogens is 1. The summed E-state index contributed by atoms with van der Waals surface area (Å²) in [6.45, 7) is 1.87. The summed E-state index contributed by atoms with van der Waals surface area (Å²) in [4.78, 5) is 35.8. The zero-order valence-corrected chi connectivity index (χ0v) is 19.9. The van der Waals surface area contributed by atoms with Crippen LogP contribution in [0.2, 0.25) is 0 Å². The van der Waals surface area contributed by atoms with Crippen molar-refractivity contribution < 1.29 is 37.5 Å². The quantitative estimate of drug-likeness (QED) is 0.269. The lowest BCUT2D eigenvalue weighted by atomic mass is 10.0. The first-order valence-electron chi connectivity index (χ1n) is 10.2. The number of carbonyl (C=O) groups excluding carboxylic acids is 1. The first kappa shape index (κ1) is 26.1. The first-order valence-corrected chi connectivity index (χ1v) is 12.0. The van der Waals surface area contributed by atoms with Gasteiger partial charge in [0.2, 0.25) is 0 Å². The van der Waals surface area contributed by atoms with Gasteiger partial charge >= 0.3 is 19.5 Å². The standard InChI is InChI=1S/C20H24ClN2O10P/c1-3-29-16(25)12-31-34(28,33-13-7-5-4-6-8-13)30-11-14-17(26)20(2,21)18(32-14)23-10-9-15(24)22-19(23)27/h4-10,14,17-18,26H,3,11-12H2,1-2H3,(H,22,24,27)/t14-,17-,18-,20-,34-/m1/s1. The molecular formula is C20H24ClN2O10P. The maximum absolute atomic E-state index is 13.2. The molecule has 2 heterocycles. The number of aliphatic hydroxyl groups excluding tert-OH is 1. The lowest BCUT2D eigenvalue weighted by Gasteiger charge is -2.26. The van der Waals surface area contributed by atoms with Crippen LogP contribution in [0.4, 0.5) is 0 Å². The molecule has 2 aromatic rings. The van der Waals surface area contributed by atoms with Crippen molar-refractivity contribution in [3.05, 3.63) is 63.4 Å². The van der Waals surface area contributed by atoms with Gasteiger partial charge in [0.1, 0.15) is 22.8 Å². The number of phosphoric ester groups is 1. The molecule has 2 N–H and O–H groups in total. The zero-order chi connectivity index (χ0) is 24.9. The van der Waals surface area contributed by atoms with Gasteiger partial charge in [0.05, 0.1) is 13.2 Å². The highest BCUT2D eigenvalue weighted by Crippen LogP contribution is 2.51. The van der Waals surface area contributed by atoms with E-state index in [1.165, 1.54) is 25.3 Å². The van der Waals surface area contributed by atoms with Crippen molar-refractivity contribution in [2.75, 3.05) is 19.8 Å². The molecule has 1 aliphatic heterocycles. The molecule has 1 aromatic heterocycles. The Balaban J connectivity index is 1.76. The Kier molecular flexibility index (Phi) is 8.34. The summed E-state index contributed by atoms with van der Waals surface area (Å²) < 4.78 is 40.5. The summed E-state index contributed by atoms with van der Waals surface area (Å²) in [5, 5.41) is 10.7. The number of rotatable bonds is 10. The van der Waals surface area contributed by atoms with Crippen LogP contribution >= 0.6 is 19.4 Å². The highest BCUT2D eigenvalue weighted by Gasteiger charge is 2.54. The van der Waals surface area contributed by atoms with Gasteiger partial charge in [0, 0.05) is 12.3 Å². The number of aromatic nitrogens is 2. The van der Waals surface area contributed by atoms with E-state index in [0.717, 1.165) is 10.6 Å². The Morgan fingerprint density at radius 1 is 1.26 bits per heavy atom. The number of halogens is 1. The molecule has 1 aliphatic rings. The topological polar surface area (TPSA) is 155 Å². The summed E-state index contributed by atoms with van der Waals surface area (Å²) in [7, 11) is -4.40. The maximum Gasteiger partial charge on any atom is 0.530 e. The lowest BCUT2D eigenvalue weighted by molar-refractivity contribution is -0.146. The molecule has 14 heteroatoms. The van der Waals surface area contributed by atoms with Crippen LogP contribution in [-0.4, -0.2) is 57.5 Å². The molecule has 0 spiro atoms. The molecule has 3 rings (SSSR count). The third-order valence-corrected chi connectivity index (χ3v) is 6.58. The van der Waals surface area contributed by atoms with Crippen molar-refractivity contribution >= 4 is 25.4 Å². The molecule has 34 heavy (non-hydrogen) atoms. The number of alkyl halides is 1. The van der Waals surface area contributed by atoms with Crippen LogP contribution in [0.25, 0.3) is 0 Å². The average Bonchev–Trinajstić information content (AvgIpc) is 3.01. The van der Waals surface area contributed by atoms with E-state index in [9.17, 15) is 24.1 Å². The fraction of sp³-hybridized carbons (Fsp3) is 0.450. The number of nitrogens with zero attached hydrogens (tertiary/aromatic N) is 1. The molecule has 0 radical (unpaired) electrons. The second kappa shape index (κ2) is 10.9. The highest BCUT2D eigenvalue weighted by atomic mass is 35.5. The summed E-state index contributed by atoms with van der Waals surface area (Å²) in [6.07, 6.45) is -2.59. The monoisotopic (exact) mass is 518 g/mol. The van der Waals surface area contributed by atoms with Crippen LogP contribution in [0.5, 0.6) is 5.75 Å². The Bertz CT molecular complexity index is 1150. The van der Waals surface area contributed by atoms with Crippen LogP contribution < -0.4 is 15.8 Å². The fourth-order valence-corrected chi connectivity index (χ4v) is 4.61. The van der Waals surface area contributed by atoms with E-state index in [4.69, 9.17) is 34.6 Å². The predicted octanol–water partition coefficient (Wildman–Crippen LogP) is 1.58. The molecule has 12 nitrogen and oxygen atoms in total. The van der Waals surface area contributed by atoms with E-state index in [0.29, 0.717) is 0 Å². The smallest absolute Gasteiger partial charge is 0.464 e. The number of esters is 1. The van der Waals surface area contributed by atoms with Crippen molar-refractivity contribution in [2.24, 2.45) is 0 Å². The summed E-state index contributed by atoms with van der Waals surface area (Å²) in [6, 6.07) is 9.05. The van der Waals surface area contributed by atoms with Crippen molar-refractivity contribution in [2.45, 2.75) is 37.2 Å². The van der Waals surface area contributed by atoms with E-state index in [2.05, 4.69) is 4.98 Å². The molecule has 0 bridgehead atoms. The number of hydrogen-bond donors (Lipinski definition) is 2. The molecule has 0 aliphatic carbocycles. The Morgan fingerprint density at radius 2 is 1.97 bits per heavy atom. The number of aliphatic hydroxyl groups is 1. The predicted molar refractivity (Wildman–Crippen MR) is 119 cm³/mol. The molecule has 0 unspecified atom stereocenters. The molecule has 1 saturated heterocycles. The number of para-hydroxylation sites is 1. The van der Waals surface area contributed by atoms with E-state index < -0.39 is 61.6 Å². The van der Waals surface area contributed by atoms with Gasteiger partial charge in [0.15, 0.2) is 12.8 Å². The number of hydrogen-bond acceptors (Lipinski definition) is 10. The van der Waals surface area contributed by atoms with Crippen LogP contribution in [0.15, 0.2) is 52.2 Å². The average molecular weight is 519 g/mol. The second-order valence-corrected chi connectivity index (χ2v) is 9.77. The summed E-state index contributed by atoms with van der Waals surface area (Å²) in [5.41, 5.74) is -1.41. The van der Waals surface area contributed by atoms with Gasteiger partial charge in [-0.3, -0.25) is 23.4 Å². The highest BCUT2D eigenvalue weighted by molar-refractivity contribution is 7.49. The van der Waals surface area contributed by atoms with Gasteiger partial charge in [-0.2, -0.15) is 0 Å². The zero-order valence-electron chi connectivity index (χ0n) is 18.3. The lowest BCUT2D eigenvalue weighted by Crippen LogP contribution is -2.43. The van der Waals surface area contributed by atoms with E-state index in [1.807, 2.05) is 0 Å². The van der Waals surface area contributed by atoms with Crippen molar-refractivity contribution in [3.63, 3.8) is 0 Å². The largest absolute Gasteiger partial charge is 0.530 e. The SMILES string of the molecule is CCOC(=O)CO[P@@](=O)(OC[C@H]1O[C@@H](n2ccc(=O)[nH]c2=O)[C@](C)(Cl)[C@@H]1O)Oc1ccccc1. The molecule has 5 atom stereocenters. The molecule has 1 fully saturated rings. The van der Waals surface area contributed by atoms with Gasteiger partial charge < -0.3 is 19.1 Å². The van der Waals surface area contributed by atoms with Crippen molar-refractivity contribution in [1.29, 1.82) is 0 Å². The summed E-state index contributed by atoms with van der Waals surface area (Å²) in [5.74, 6) is -0.645. The Morgan fingerprint density at radius 3 is 2.62 bits per heavy atom. The van der Waals surface area contributed by atoms with Crippen molar-refractivity contribution in [3.8, 4) is 5.75 Å². The maximum atomic E-state index is 13.2. The summed E-state index contributed by atoms with van der Waals surface area (Å²) >= 11 is 6.47. The van der Waals surface area contributed by atoms with Crippen LogP contribution in [0.1, 0.15) is 20.1 Å². The Labute approximate surface area is 198 Å². The third kappa shape index (κ3) is 6.15. The molecule has 1 aromatic carbocycles. The molecule has 186 valence electrons. The molecule has 0 amide bonds. The number of aromatic amines is 1. The number of nitrogens with one attached hydrogen (secondary N) is 1. The number of ether oxygens (including phenoxy) is 2. The van der Waals surface area contributed by atoms with Crippen LogP contribution in [-0.2, 0) is 27.9 Å². The van der Waals surface area contributed by atoms with Crippen LogP contribution in [0, 0.1) is 0 Å².